The molecule has 0 saturated carbocycles. The van der Waals surface area contributed by atoms with Crippen LogP contribution in [0.4, 0.5) is 0 Å². The van der Waals surface area contributed by atoms with Crippen LogP contribution in [-0.2, 0) is 16.1 Å². The lowest BCUT2D eigenvalue weighted by atomic mass is 10.2. The number of nitrogens with one attached hydrogen (secondary N) is 2. The Kier molecular flexibility index (Phi) is 6.72. The van der Waals surface area contributed by atoms with Gasteiger partial charge in [0.1, 0.15) is 0 Å². The van der Waals surface area contributed by atoms with Gasteiger partial charge in [0.2, 0.25) is 5.91 Å². The van der Waals surface area contributed by atoms with Crippen LogP contribution in [-0.4, -0.2) is 32.2 Å². The van der Waals surface area contributed by atoms with Crippen molar-refractivity contribution in [3.05, 3.63) is 34.9 Å². The third-order valence-corrected chi connectivity index (χ3v) is 2.60. The molecule has 0 fully saturated rings. The van der Waals surface area contributed by atoms with Gasteiger partial charge in [-0.25, -0.2) is 0 Å². The molecule has 2 N–H and O–H groups in total. The van der Waals surface area contributed by atoms with Crippen molar-refractivity contribution in [1.29, 1.82) is 0 Å². The van der Waals surface area contributed by atoms with Gasteiger partial charge >= 0.3 is 0 Å². The standard InChI is InChI=1S/C13H19ClN2O2/c1-10(9-18-2)16-13(17)8-15-7-11-3-5-12(14)6-4-11/h3-6,10,15H,7-9H2,1-2H3,(H,16,17). The Morgan fingerprint density at radius 1 is 1.39 bits per heavy atom. The molecule has 100 valence electrons. The van der Waals surface area contributed by atoms with E-state index in [1.54, 1.807) is 7.11 Å². The number of carbonyl (C=O) groups excluding carboxylic acids is 1. The van der Waals surface area contributed by atoms with Crippen molar-refractivity contribution in [3.8, 4) is 0 Å². The molecule has 0 aliphatic carbocycles. The van der Waals surface area contributed by atoms with E-state index in [9.17, 15) is 4.79 Å². The fourth-order valence-electron chi connectivity index (χ4n) is 1.54. The topological polar surface area (TPSA) is 50.4 Å². The molecule has 0 aromatic heterocycles. The summed E-state index contributed by atoms with van der Waals surface area (Å²) in [4.78, 5) is 11.5. The molecule has 0 saturated heterocycles. The zero-order chi connectivity index (χ0) is 13.4. The number of hydrogen-bond donors (Lipinski definition) is 2. The number of ether oxygens (including phenoxy) is 1. The van der Waals surface area contributed by atoms with Gasteiger partial charge in [-0.1, -0.05) is 23.7 Å². The Hall–Kier alpha value is -1.10. The van der Waals surface area contributed by atoms with Crippen LogP contribution in [0.3, 0.4) is 0 Å². The number of carbonyl (C=O) groups is 1. The van der Waals surface area contributed by atoms with E-state index in [-0.39, 0.29) is 18.5 Å². The van der Waals surface area contributed by atoms with E-state index >= 15 is 0 Å². The fourth-order valence-corrected chi connectivity index (χ4v) is 1.67. The number of rotatable bonds is 7. The van der Waals surface area contributed by atoms with Gasteiger partial charge in [-0.05, 0) is 24.6 Å². The normalized spacial score (nSPS) is 12.2. The Morgan fingerprint density at radius 3 is 2.67 bits per heavy atom. The van der Waals surface area contributed by atoms with Gasteiger partial charge in [0.05, 0.1) is 13.2 Å². The van der Waals surface area contributed by atoms with Gasteiger partial charge < -0.3 is 15.4 Å². The molecule has 0 heterocycles. The van der Waals surface area contributed by atoms with E-state index in [0.717, 1.165) is 5.56 Å². The van der Waals surface area contributed by atoms with Crippen molar-refractivity contribution in [2.75, 3.05) is 20.3 Å². The van der Waals surface area contributed by atoms with E-state index in [4.69, 9.17) is 16.3 Å². The number of amides is 1. The Balaban J connectivity index is 2.21. The summed E-state index contributed by atoms with van der Waals surface area (Å²) in [5.74, 6) is -0.0338. The smallest absolute Gasteiger partial charge is 0.234 e. The number of methoxy groups -OCH3 is 1. The van der Waals surface area contributed by atoms with E-state index in [2.05, 4.69) is 10.6 Å². The number of benzene rings is 1. The fraction of sp³-hybridized carbons (Fsp3) is 0.462. The second kappa shape index (κ2) is 8.08. The second-order valence-electron chi connectivity index (χ2n) is 4.15. The zero-order valence-electron chi connectivity index (χ0n) is 10.7. The van der Waals surface area contributed by atoms with Gasteiger partial charge in [0.15, 0.2) is 0 Å². The quantitative estimate of drug-likeness (QED) is 0.791. The molecule has 1 atom stereocenters. The third kappa shape index (κ3) is 6.00. The summed E-state index contributed by atoms with van der Waals surface area (Å²) in [5, 5.41) is 6.61. The van der Waals surface area contributed by atoms with Crippen molar-refractivity contribution in [2.24, 2.45) is 0 Å². The van der Waals surface area contributed by atoms with Crippen molar-refractivity contribution >= 4 is 17.5 Å². The summed E-state index contributed by atoms with van der Waals surface area (Å²) in [6.07, 6.45) is 0. The maximum Gasteiger partial charge on any atom is 0.234 e. The zero-order valence-corrected chi connectivity index (χ0v) is 11.5. The molecule has 0 bridgehead atoms. The summed E-state index contributed by atoms with van der Waals surface area (Å²) in [6, 6.07) is 7.56. The van der Waals surface area contributed by atoms with Crippen molar-refractivity contribution in [3.63, 3.8) is 0 Å². The summed E-state index contributed by atoms with van der Waals surface area (Å²) in [5.41, 5.74) is 1.09. The van der Waals surface area contributed by atoms with Crippen LogP contribution in [0, 0.1) is 0 Å². The van der Waals surface area contributed by atoms with Gasteiger partial charge in [0.25, 0.3) is 0 Å². The van der Waals surface area contributed by atoms with Crippen LogP contribution in [0.5, 0.6) is 0 Å². The highest BCUT2D eigenvalue weighted by atomic mass is 35.5. The lowest BCUT2D eigenvalue weighted by Crippen LogP contribution is -2.40. The minimum absolute atomic E-state index is 0.0276. The van der Waals surface area contributed by atoms with Crippen LogP contribution in [0.2, 0.25) is 5.02 Å². The summed E-state index contributed by atoms with van der Waals surface area (Å²) in [6.45, 7) is 3.35. The Morgan fingerprint density at radius 2 is 2.06 bits per heavy atom. The monoisotopic (exact) mass is 270 g/mol. The molecule has 4 nitrogen and oxygen atoms in total. The maximum atomic E-state index is 11.5. The molecular weight excluding hydrogens is 252 g/mol. The molecule has 18 heavy (non-hydrogen) atoms. The SMILES string of the molecule is COCC(C)NC(=O)CNCc1ccc(Cl)cc1. The van der Waals surface area contributed by atoms with Crippen LogP contribution >= 0.6 is 11.6 Å². The molecule has 0 radical (unpaired) electrons. The molecule has 1 aromatic rings. The van der Waals surface area contributed by atoms with Crippen molar-refractivity contribution in [2.45, 2.75) is 19.5 Å². The first-order valence-electron chi connectivity index (χ1n) is 5.85. The van der Waals surface area contributed by atoms with E-state index < -0.39 is 0 Å². The summed E-state index contributed by atoms with van der Waals surface area (Å²) < 4.78 is 4.94. The maximum absolute atomic E-state index is 11.5. The largest absolute Gasteiger partial charge is 0.383 e. The van der Waals surface area contributed by atoms with Gasteiger partial charge in [-0.15, -0.1) is 0 Å². The molecule has 0 spiro atoms. The summed E-state index contributed by atoms with van der Waals surface area (Å²) >= 11 is 5.79. The minimum atomic E-state index is -0.0338. The van der Waals surface area contributed by atoms with E-state index in [1.165, 1.54) is 0 Å². The highest BCUT2D eigenvalue weighted by molar-refractivity contribution is 6.30. The third-order valence-electron chi connectivity index (χ3n) is 2.35. The molecular formula is C13H19ClN2O2. The van der Waals surface area contributed by atoms with Crippen LogP contribution in [0.25, 0.3) is 0 Å². The lowest BCUT2D eigenvalue weighted by Gasteiger charge is -2.13. The van der Waals surface area contributed by atoms with E-state index in [0.29, 0.717) is 18.2 Å². The Labute approximate surface area is 113 Å². The van der Waals surface area contributed by atoms with Gasteiger partial charge in [-0.3, -0.25) is 4.79 Å². The highest BCUT2D eigenvalue weighted by Gasteiger charge is 2.06. The van der Waals surface area contributed by atoms with E-state index in [1.807, 2.05) is 31.2 Å². The highest BCUT2D eigenvalue weighted by Crippen LogP contribution is 2.08. The molecule has 5 heteroatoms. The first-order chi connectivity index (χ1) is 8.61. The van der Waals surface area contributed by atoms with Crippen LogP contribution in [0.15, 0.2) is 24.3 Å². The molecule has 0 aliphatic heterocycles. The predicted octanol–water partition coefficient (Wildman–Crippen LogP) is 1.58. The Bertz CT molecular complexity index is 368. The van der Waals surface area contributed by atoms with Crippen molar-refractivity contribution < 1.29 is 9.53 Å². The lowest BCUT2D eigenvalue weighted by molar-refractivity contribution is -0.121. The molecule has 1 aromatic carbocycles. The number of halogens is 1. The van der Waals surface area contributed by atoms with Gasteiger partial charge in [-0.2, -0.15) is 0 Å². The molecule has 1 rings (SSSR count). The van der Waals surface area contributed by atoms with Gasteiger partial charge in [0, 0.05) is 24.7 Å². The first kappa shape index (κ1) is 15.0. The predicted molar refractivity (Wildman–Crippen MR) is 72.6 cm³/mol. The van der Waals surface area contributed by atoms with Crippen LogP contribution in [0.1, 0.15) is 12.5 Å². The number of hydrogen-bond acceptors (Lipinski definition) is 3. The first-order valence-corrected chi connectivity index (χ1v) is 6.23. The average molecular weight is 271 g/mol. The molecule has 1 unspecified atom stereocenters. The minimum Gasteiger partial charge on any atom is -0.383 e. The van der Waals surface area contributed by atoms with Crippen LogP contribution < -0.4 is 10.6 Å². The summed E-state index contributed by atoms with van der Waals surface area (Å²) in [7, 11) is 1.61. The van der Waals surface area contributed by atoms with Crippen molar-refractivity contribution in [1.82, 2.24) is 10.6 Å². The molecule has 1 amide bonds. The molecule has 0 aliphatic rings. The average Bonchev–Trinajstić information content (AvgIpc) is 2.32. The second-order valence-corrected chi connectivity index (χ2v) is 4.59.